The van der Waals surface area contributed by atoms with E-state index in [0.29, 0.717) is 28.4 Å². The first-order chi connectivity index (χ1) is 19.2. The van der Waals surface area contributed by atoms with Gasteiger partial charge in [0.05, 0.1) is 25.2 Å². The Hall–Kier alpha value is -2.56. The van der Waals surface area contributed by atoms with Gasteiger partial charge in [0, 0.05) is 10.9 Å². The van der Waals surface area contributed by atoms with Crippen molar-refractivity contribution in [2.24, 2.45) is 5.92 Å². The smallest absolute Gasteiger partial charge is 0.326 e. The second-order valence-electron chi connectivity index (χ2n) is 10.7. The lowest BCUT2D eigenvalue weighted by molar-refractivity contribution is -0.155. The van der Waals surface area contributed by atoms with Crippen LogP contribution in [0.5, 0.6) is 5.75 Å². The molecule has 4 unspecified atom stereocenters. The maximum Gasteiger partial charge on any atom is 0.326 e. The van der Waals surface area contributed by atoms with Crippen LogP contribution in [0.1, 0.15) is 65.5 Å². The van der Waals surface area contributed by atoms with E-state index >= 15 is 0 Å². The fourth-order valence-electron chi connectivity index (χ4n) is 4.97. The molecular formula is C27H36ClN6O5P. The molecule has 1 saturated heterocycles. The van der Waals surface area contributed by atoms with Crippen LogP contribution in [0.25, 0.3) is 11.2 Å². The van der Waals surface area contributed by atoms with Gasteiger partial charge in [-0.25, -0.2) is 15.1 Å². The Kier molecular flexibility index (Phi) is 9.07. The highest BCUT2D eigenvalue weighted by atomic mass is 35.5. The maximum absolute atomic E-state index is 13.2. The molecule has 0 spiro atoms. The molecule has 13 heteroatoms. The van der Waals surface area contributed by atoms with Gasteiger partial charge in [-0.3, -0.25) is 9.36 Å². The molecule has 1 aliphatic carbocycles. The van der Waals surface area contributed by atoms with Crippen LogP contribution < -0.4 is 15.3 Å². The minimum absolute atomic E-state index is 0.0327. The number of carbonyl (C=O) groups excluding carboxylic acids is 1. The molecule has 0 radical (unpaired) electrons. The average molecular weight is 591 g/mol. The summed E-state index contributed by atoms with van der Waals surface area (Å²) in [6.07, 6.45) is 8.00. The maximum atomic E-state index is 13.2. The number of nitrogen functional groups attached to an aromatic ring is 1. The molecule has 1 aliphatic heterocycles. The van der Waals surface area contributed by atoms with E-state index in [-0.39, 0.29) is 42.9 Å². The zero-order valence-corrected chi connectivity index (χ0v) is 24.6. The number of nitrogens with zero attached hydrogens (tertiary/aromatic N) is 4. The van der Waals surface area contributed by atoms with E-state index in [1.165, 1.54) is 0 Å². The van der Waals surface area contributed by atoms with Crippen LogP contribution in [0, 0.1) is 5.92 Å². The first kappa shape index (κ1) is 29.0. The highest BCUT2D eigenvalue weighted by Gasteiger charge is 2.40. The van der Waals surface area contributed by atoms with Crippen LogP contribution >= 0.6 is 20.1 Å². The van der Waals surface area contributed by atoms with Gasteiger partial charge in [0.15, 0.2) is 5.65 Å². The number of rotatable bonds is 11. The number of nitrogens with one attached hydrogen (secondary N) is 1. The number of ether oxygens (including phenoxy) is 2. The molecule has 216 valence electrons. The molecule has 2 aliphatic rings. The summed E-state index contributed by atoms with van der Waals surface area (Å²) in [6, 6.07) is 7.03. The normalized spacial score (nSPS) is 23.8. The zero-order chi connectivity index (χ0) is 28.3. The van der Waals surface area contributed by atoms with Crippen molar-refractivity contribution >= 4 is 43.2 Å². The molecular weight excluding hydrogens is 555 g/mol. The quantitative estimate of drug-likeness (QED) is 0.216. The third-order valence-electron chi connectivity index (χ3n) is 7.51. The highest BCUT2D eigenvalue weighted by Crippen LogP contribution is 2.42. The van der Waals surface area contributed by atoms with E-state index in [0.717, 1.165) is 32.1 Å². The molecule has 11 nitrogen and oxygen atoms in total. The van der Waals surface area contributed by atoms with Gasteiger partial charge >= 0.3 is 14.5 Å². The molecule has 3 N–H and O–H groups in total. The van der Waals surface area contributed by atoms with Gasteiger partial charge in [0.1, 0.15) is 29.1 Å². The fraction of sp³-hybridized carbons (Fsp3) is 0.556. The number of nitrogens with two attached hydrogens (primary N) is 1. The molecule has 2 aromatic heterocycles. The van der Waals surface area contributed by atoms with Crippen molar-refractivity contribution in [3.63, 3.8) is 0 Å². The Balaban J connectivity index is 1.27. The third kappa shape index (κ3) is 6.66. The molecule has 3 aromatic rings. The van der Waals surface area contributed by atoms with Gasteiger partial charge in [0.2, 0.25) is 5.95 Å². The SMILES string of the molecule is CCC(C)(NP(OCC1CC(C)[C@H](n2cnc3cnc(N)nc32)O1)Oc1ccc(Cl)cc1)C(=O)OC1CCCC1. The fourth-order valence-corrected chi connectivity index (χ4v) is 6.53. The summed E-state index contributed by atoms with van der Waals surface area (Å²) in [5.41, 5.74) is 6.10. The van der Waals surface area contributed by atoms with Crippen molar-refractivity contribution < 1.29 is 23.3 Å². The Bertz CT molecular complexity index is 1310. The summed E-state index contributed by atoms with van der Waals surface area (Å²) in [4.78, 5) is 26.0. The van der Waals surface area contributed by atoms with Crippen LogP contribution in [-0.4, -0.2) is 49.8 Å². The summed E-state index contributed by atoms with van der Waals surface area (Å²) in [5.74, 6) is 0.630. The summed E-state index contributed by atoms with van der Waals surface area (Å²) in [7, 11) is -1.74. The van der Waals surface area contributed by atoms with Gasteiger partial charge in [-0.2, -0.15) is 4.98 Å². The minimum Gasteiger partial charge on any atom is -0.461 e. The minimum atomic E-state index is -1.74. The average Bonchev–Trinajstić information content (AvgIpc) is 3.68. The monoisotopic (exact) mass is 590 g/mol. The number of esters is 1. The van der Waals surface area contributed by atoms with E-state index in [1.54, 1.807) is 36.8 Å². The van der Waals surface area contributed by atoms with Crippen molar-refractivity contribution in [2.45, 2.75) is 83.3 Å². The summed E-state index contributed by atoms with van der Waals surface area (Å²) >= 11 is 6.07. The number of hydrogen-bond donors (Lipinski definition) is 2. The largest absolute Gasteiger partial charge is 0.461 e. The van der Waals surface area contributed by atoms with Crippen LogP contribution in [0.3, 0.4) is 0 Å². The van der Waals surface area contributed by atoms with Gasteiger partial charge < -0.3 is 24.3 Å². The lowest BCUT2D eigenvalue weighted by Gasteiger charge is -2.32. The number of hydrogen-bond acceptors (Lipinski definition) is 10. The molecule has 1 aromatic carbocycles. The lowest BCUT2D eigenvalue weighted by atomic mass is 10.0. The van der Waals surface area contributed by atoms with E-state index in [9.17, 15) is 4.79 Å². The summed E-state index contributed by atoms with van der Waals surface area (Å²) < 4.78 is 26.6. The lowest BCUT2D eigenvalue weighted by Crippen LogP contribution is -2.49. The second kappa shape index (κ2) is 12.5. The molecule has 0 bridgehead atoms. The van der Waals surface area contributed by atoms with Crippen molar-refractivity contribution in [3.05, 3.63) is 41.8 Å². The molecule has 3 heterocycles. The van der Waals surface area contributed by atoms with Crippen LogP contribution in [0.2, 0.25) is 5.02 Å². The van der Waals surface area contributed by atoms with Gasteiger partial charge in [-0.05, 0) is 69.7 Å². The standard InChI is InChI=1S/C27H36ClN6O5P/c1-4-27(3,25(35)38-19-7-5-6-8-19)33-40(39-20-11-9-18(28)10-12-20)36-15-21-13-17(2)24(37-21)34-16-31-22-14-30-26(29)32-23(22)34/h9-12,14,16-17,19,21,24,33H,4-8,13,15H2,1-3H3,(H2,29,30,32)/t17?,21?,24-,27?,40?/m1/s1. The Morgan fingerprint density at radius 2 is 2.02 bits per heavy atom. The van der Waals surface area contributed by atoms with Crippen molar-refractivity contribution in [1.29, 1.82) is 0 Å². The first-order valence-corrected chi connectivity index (χ1v) is 15.3. The van der Waals surface area contributed by atoms with Crippen molar-refractivity contribution in [3.8, 4) is 5.75 Å². The Labute approximate surface area is 240 Å². The first-order valence-electron chi connectivity index (χ1n) is 13.7. The molecule has 1 saturated carbocycles. The van der Waals surface area contributed by atoms with Crippen molar-refractivity contribution in [2.75, 3.05) is 12.3 Å². The number of aromatic nitrogens is 4. The molecule has 5 atom stereocenters. The predicted molar refractivity (Wildman–Crippen MR) is 153 cm³/mol. The van der Waals surface area contributed by atoms with Crippen LogP contribution in [-0.2, 0) is 18.8 Å². The van der Waals surface area contributed by atoms with Crippen molar-refractivity contribution in [1.82, 2.24) is 24.6 Å². The molecule has 5 rings (SSSR count). The number of fused-ring (bicyclic) bond motifs is 1. The second-order valence-corrected chi connectivity index (χ2v) is 12.3. The summed E-state index contributed by atoms with van der Waals surface area (Å²) in [6.45, 7) is 6.14. The predicted octanol–water partition coefficient (Wildman–Crippen LogP) is 5.55. The van der Waals surface area contributed by atoms with E-state index < -0.39 is 14.1 Å². The molecule has 2 fully saturated rings. The summed E-state index contributed by atoms with van der Waals surface area (Å²) in [5, 5.41) is 3.93. The topological polar surface area (TPSA) is 136 Å². The number of benzene rings is 1. The number of halogens is 1. The number of anilines is 1. The van der Waals surface area contributed by atoms with Crippen LogP contribution in [0.4, 0.5) is 5.95 Å². The highest BCUT2D eigenvalue weighted by molar-refractivity contribution is 7.45. The zero-order valence-electron chi connectivity index (χ0n) is 23.0. The van der Waals surface area contributed by atoms with Gasteiger partial charge in [-0.1, -0.05) is 25.4 Å². The number of carbonyl (C=O) groups is 1. The van der Waals surface area contributed by atoms with E-state index in [1.807, 2.05) is 18.4 Å². The molecule has 0 amide bonds. The Morgan fingerprint density at radius 1 is 1.27 bits per heavy atom. The van der Waals surface area contributed by atoms with Crippen LogP contribution in [0.15, 0.2) is 36.8 Å². The van der Waals surface area contributed by atoms with Gasteiger partial charge in [0.25, 0.3) is 0 Å². The van der Waals surface area contributed by atoms with E-state index in [2.05, 4.69) is 27.0 Å². The molecule has 40 heavy (non-hydrogen) atoms. The Morgan fingerprint density at radius 3 is 2.75 bits per heavy atom. The van der Waals surface area contributed by atoms with Gasteiger partial charge in [-0.15, -0.1) is 0 Å². The number of imidazole rings is 1. The third-order valence-corrected chi connectivity index (χ3v) is 9.20. The van der Waals surface area contributed by atoms with E-state index in [4.69, 9.17) is 35.9 Å².